The maximum atomic E-state index is 13.5. The van der Waals surface area contributed by atoms with Crippen LogP contribution in [0.25, 0.3) is 22.4 Å². The maximum absolute atomic E-state index is 13.5. The highest BCUT2D eigenvalue weighted by molar-refractivity contribution is 5.85. The van der Waals surface area contributed by atoms with Gasteiger partial charge in [-0.1, -0.05) is 0 Å². The molecule has 3 aromatic heterocycles. The molecule has 0 unspecified atom stereocenters. The van der Waals surface area contributed by atoms with Gasteiger partial charge in [-0.2, -0.15) is 4.98 Å². The van der Waals surface area contributed by atoms with Crippen molar-refractivity contribution in [2.45, 2.75) is 13.3 Å². The van der Waals surface area contributed by atoms with Gasteiger partial charge in [-0.15, -0.1) is 0 Å². The first kappa shape index (κ1) is 20.3. The molecule has 0 aliphatic rings. The third-order valence-corrected chi connectivity index (χ3v) is 4.40. The summed E-state index contributed by atoms with van der Waals surface area (Å²) in [6, 6.07) is 8.56. The Morgan fingerprint density at radius 2 is 1.81 bits per heavy atom. The summed E-state index contributed by atoms with van der Waals surface area (Å²) in [6.45, 7) is 1.62. The minimum Gasteiger partial charge on any atom is -0.480 e. The predicted molar refractivity (Wildman–Crippen MR) is 109 cm³/mol. The topological polar surface area (TPSA) is 88.6 Å². The van der Waals surface area contributed by atoms with E-state index in [1.165, 1.54) is 25.3 Å². The lowest BCUT2D eigenvalue weighted by Gasteiger charge is -2.16. The molecule has 10 heteroatoms. The van der Waals surface area contributed by atoms with E-state index in [-0.39, 0.29) is 17.5 Å². The van der Waals surface area contributed by atoms with Crippen molar-refractivity contribution in [2.75, 3.05) is 12.4 Å². The SMILES string of the molecule is COc1nc(Nc2ncc[nH]2)nc(-c2ccc(F)cc2)c1-c1cc(C)nc(C(F)F)c1. The number of halogens is 3. The Kier molecular flexibility index (Phi) is 5.52. The highest BCUT2D eigenvalue weighted by Gasteiger charge is 2.21. The Morgan fingerprint density at radius 1 is 1.03 bits per heavy atom. The molecule has 0 radical (unpaired) electrons. The number of hydrogen-bond donors (Lipinski definition) is 2. The largest absolute Gasteiger partial charge is 0.480 e. The van der Waals surface area contributed by atoms with E-state index >= 15 is 0 Å². The minimum atomic E-state index is -2.75. The van der Waals surface area contributed by atoms with Crippen molar-refractivity contribution in [3.05, 3.63) is 66.0 Å². The van der Waals surface area contributed by atoms with Crippen LogP contribution >= 0.6 is 0 Å². The Labute approximate surface area is 175 Å². The maximum Gasteiger partial charge on any atom is 0.280 e. The zero-order valence-electron chi connectivity index (χ0n) is 16.5. The van der Waals surface area contributed by atoms with Gasteiger partial charge in [0.2, 0.25) is 17.8 Å². The average Bonchev–Trinajstić information content (AvgIpc) is 3.26. The molecule has 0 saturated heterocycles. The van der Waals surface area contributed by atoms with Crippen LogP contribution in [0.1, 0.15) is 17.8 Å². The highest BCUT2D eigenvalue weighted by Crippen LogP contribution is 2.39. The molecule has 7 nitrogen and oxygen atoms in total. The van der Waals surface area contributed by atoms with E-state index in [2.05, 4.69) is 30.2 Å². The van der Waals surface area contributed by atoms with E-state index in [4.69, 9.17) is 4.74 Å². The van der Waals surface area contributed by atoms with Crippen LogP contribution in [0.15, 0.2) is 48.8 Å². The van der Waals surface area contributed by atoms with E-state index in [0.717, 1.165) is 0 Å². The van der Waals surface area contributed by atoms with Gasteiger partial charge >= 0.3 is 0 Å². The molecule has 0 spiro atoms. The van der Waals surface area contributed by atoms with Crippen LogP contribution in [-0.2, 0) is 0 Å². The number of rotatable bonds is 6. The Bertz CT molecular complexity index is 1200. The number of benzene rings is 1. The smallest absolute Gasteiger partial charge is 0.280 e. The zero-order valence-corrected chi connectivity index (χ0v) is 16.5. The van der Waals surface area contributed by atoms with Crippen molar-refractivity contribution < 1.29 is 17.9 Å². The van der Waals surface area contributed by atoms with Gasteiger partial charge in [0.05, 0.1) is 18.4 Å². The van der Waals surface area contributed by atoms with Crippen LogP contribution in [-0.4, -0.2) is 32.0 Å². The van der Waals surface area contributed by atoms with Gasteiger partial charge in [-0.05, 0) is 48.9 Å². The molecule has 3 heterocycles. The number of aryl methyl sites for hydroxylation is 1. The number of anilines is 2. The molecule has 4 rings (SSSR count). The van der Waals surface area contributed by atoms with Crippen LogP contribution in [0, 0.1) is 12.7 Å². The summed E-state index contributed by atoms with van der Waals surface area (Å²) in [5.74, 6) is 0.295. The van der Waals surface area contributed by atoms with Crippen LogP contribution < -0.4 is 10.1 Å². The lowest BCUT2D eigenvalue weighted by molar-refractivity contribution is 0.146. The molecule has 158 valence electrons. The van der Waals surface area contributed by atoms with Crippen molar-refractivity contribution in [3.8, 4) is 28.3 Å². The van der Waals surface area contributed by atoms with E-state index in [9.17, 15) is 13.2 Å². The lowest BCUT2D eigenvalue weighted by Crippen LogP contribution is -2.05. The molecule has 0 amide bonds. The summed E-state index contributed by atoms with van der Waals surface area (Å²) in [7, 11) is 1.42. The number of H-pyrrole nitrogens is 1. The summed E-state index contributed by atoms with van der Waals surface area (Å²) in [5, 5.41) is 2.92. The molecule has 31 heavy (non-hydrogen) atoms. The van der Waals surface area contributed by atoms with Crippen molar-refractivity contribution in [2.24, 2.45) is 0 Å². The van der Waals surface area contributed by atoms with Crippen molar-refractivity contribution >= 4 is 11.9 Å². The van der Waals surface area contributed by atoms with Crippen LogP contribution in [0.2, 0.25) is 0 Å². The fourth-order valence-electron chi connectivity index (χ4n) is 3.11. The van der Waals surface area contributed by atoms with Crippen LogP contribution in [0.5, 0.6) is 5.88 Å². The monoisotopic (exact) mass is 426 g/mol. The predicted octanol–water partition coefficient (Wildman–Crippen LogP) is 5.07. The van der Waals surface area contributed by atoms with Crippen molar-refractivity contribution in [1.29, 1.82) is 0 Å². The second-order valence-electron chi connectivity index (χ2n) is 6.57. The molecular formula is C21H17F3N6O. The molecule has 0 aliphatic heterocycles. The quantitative estimate of drug-likeness (QED) is 0.448. The number of nitrogens with one attached hydrogen (secondary N) is 2. The van der Waals surface area contributed by atoms with Gasteiger partial charge < -0.3 is 9.72 Å². The number of alkyl halides is 2. The van der Waals surface area contributed by atoms with Crippen molar-refractivity contribution in [3.63, 3.8) is 0 Å². The Hall–Kier alpha value is -3.95. The van der Waals surface area contributed by atoms with Gasteiger partial charge in [0.15, 0.2) is 0 Å². The first-order chi connectivity index (χ1) is 14.9. The van der Waals surface area contributed by atoms with Gasteiger partial charge in [0.25, 0.3) is 6.43 Å². The van der Waals surface area contributed by atoms with Crippen LogP contribution in [0.3, 0.4) is 0 Å². The number of hydrogen-bond acceptors (Lipinski definition) is 6. The van der Waals surface area contributed by atoms with Gasteiger partial charge in [0.1, 0.15) is 11.5 Å². The first-order valence-electron chi connectivity index (χ1n) is 9.20. The summed E-state index contributed by atoms with van der Waals surface area (Å²) in [5.41, 5.74) is 1.73. The van der Waals surface area contributed by atoms with Crippen LogP contribution in [0.4, 0.5) is 25.1 Å². The molecule has 0 fully saturated rings. The molecule has 0 atom stereocenters. The molecule has 4 aromatic rings. The first-order valence-corrected chi connectivity index (χ1v) is 9.20. The second kappa shape index (κ2) is 8.42. The number of pyridine rings is 1. The number of methoxy groups -OCH3 is 1. The fraction of sp³-hybridized carbons (Fsp3) is 0.143. The Balaban J connectivity index is 1.95. The van der Waals surface area contributed by atoms with E-state index in [1.807, 2.05) is 0 Å². The second-order valence-corrected chi connectivity index (χ2v) is 6.57. The molecule has 0 bridgehead atoms. The third-order valence-electron chi connectivity index (χ3n) is 4.40. The summed E-state index contributed by atoms with van der Waals surface area (Å²) < 4.78 is 45.8. The summed E-state index contributed by atoms with van der Waals surface area (Å²) in [6.07, 6.45) is 0.431. The molecule has 1 aromatic carbocycles. The number of ether oxygens (including phenoxy) is 1. The third kappa shape index (κ3) is 4.32. The Morgan fingerprint density at radius 3 is 2.45 bits per heavy atom. The summed E-state index contributed by atoms with van der Waals surface area (Å²) >= 11 is 0. The van der Waals surface area contributed by atoms with Crippen molar-refractivity contribution in [1.82, 2.24) is 24.9 Å². The lowest BCUT2D eigenvalue weighted by atomic mass is 9.99. The molecule has 0 aliphatic carbocycles. The minimum absolute atomic E-state index is 0.147. The van der Waals surface area contributed by atoms with E-state index < -0.39 is 12.2 Å². The van der Waals surface area contributed by atoms with E-state index in [0.29, 0.717) is 34.0 Å². The summed E-state index contributed by atoms with van der Waals surface area (Å²) in [4.78, 5) is 19.8. The number of imidazole rings is 1. The van der Waals surface area contributed by atoms with Gasteiger partial charge in [-0.25, -0.2) is 23.1 Å². The number of nitrogens with zero attached hydrogens (tertiary/aromatic N) is 4. The molecule has 2 N–H and O–H groups in total. The van der Waals surface area contributed by atoms with E-state index in [1.54, 1.807) is 37.5 Å². The average molecular weight is 426 g/mol. The standard InChI is InChI=1S/C21H17F3N6O/c1-11-9-13(10-15(27-11)18(23)24)16-17(12-3-5-14(22)6-4-12)28-21(29-19(16)31-2)30-20-25-7-8-26-20/h3-10,18H,1-2H3,(H2,25,26,28,29,30). The normalized spacial score (nSPS) is 11.0. The fourth-order valence-corrected chi connectivity index (χ4v) is 3.11. The van der Waals surface area contributed by atoms with Gasteiger partial charge in [0, 0.05) is 23.7 Å². The number of aromatic nitrogens is 5. The number of aromatic amines is 1. The zero-order chi connectivity index (χ0) is 22.0. The van der Waals surface area contributed by atoms with Gasteiger partial charge in [-0.3, -0.25) is 10.3 Å². The molecular weight excluding hydrogens is 409 g/mol. The molecule has 0 saturated carbocycles. The highest BCUT2D eigenvalue weighted by atomic mass is 19.3.